The van der Waals surface area contributed by atoms with Gasteiger partial charge in [-0.2, -0.15) is 4.31 Å². The number of hydrogen-bond donors (Lipinski definition) is 3. The van der Waals surface area contributed by atoms with E-state index in [1.54, 1.807) is 12.1 Å². The first-order valence-corrected chi connectivity index (χ1v) is 11.1. The molecule has 1 amide bonds. The molecule has 0 radical (unpaired) electrons. The lowest BCUT2D eigenvalue weighted by Crippen LogP contribution is -2.63. The van der Waals surface area contributed by atoms with Crippen LogP contribution in [-0.4, -0.2) is 47.1 Å². The second-order valence-corrected chi connectivity index (χ2v) is 9.21. The molecule has 1 unspecified atom stereocenters. The topological polar surface area (TPSA) is 147 Å². The fraction of sp³-hybridized carbons (Fsp3) is 0.333. The molecule has 0 heterocycles. The summed E-state index contributed by atoms with van der Waals surface area (Å²) in [6.07, 6.45) is -0.652. The van der Waals surface area contributed by atoms with Crippen LogP contribution in [0.25, 0.3) is 0 Å². The van der Waals surface area contributed by atoms with Crippen LogP contribution < -0.4 is 10.5 Å². The van der Waals surface area contributed by atoms with Crippen LogP contribution in [0, 0.1) is 11.7 Å². The molecule has 2 aromatic rings. The molecule has 0 aliphatic heterocycles. The summed E-state index contributed by atoms with van der Waals surface area (Å²) < 4.78 is 45.4. The SMILES string of the molecule is CC(C)C(O)(C(N)=O)N(CCC(=O)O)S(=O)(=O)c1ccc(OCc2ccc(F)cc2)cc1. The molecule has 0 saturated carbocycles. The molecule has 0 fully saturated rings. The van der Waals surface area contributed by atoms with Gasteiger partial charge in [-0.15, -0.1) is 0 Å². The average Bonchev–Trinajstić information content (AvgIpc) is 2.72. The minimum Gasteiger partial charge on any atom is -0.489 e. The van der Waals surface area contributed by atoms with Crippen molar-refractivity contribution in [3.8, 4) is 5.75 Å². The number of aliphatic carboxylic acids is 1. The Morgan fingerprint density at radius 3 is 2.16 bits per heavy atom. The van der Waals surface area contributed by atoms with E-state index >= 15 is 0 Å². The Balaban J connectivity index is 2.31. The largest absolute Gasteiger partial charge is 0.489 e. The van der Waals surface area contributed by atoms with E-state index < -0.39 is 46.5 Å². The highest BCUT2D eigenvalue weighted by Crippen LogP contribution is 2.30. The third-order valence-electron chi connectivity index (χ3n) is 4.81. The maximum absolute atomic E-state index is 13.2. The number of amides is 1. The van der Waals surface area contributed by atoms with Crippen LogP contribution in [0.2, 0.25) is 0 Å². The van der Waals surface area contributed by atoms with Crippen molar-refractivity contribution in [2.75, 3.05) is 6.54 Å². The zero-order valence-electron chi connectivity index (χ0n) is 17.6. The summed E-state index contributed by atoms with van der Waals surface area (Å²) in [5.74, 6) is -3.65. The molecule has 2 aromatic carbocycles. The normalized spacial score (nSPS) is 13.7. The molecular formula is C21H25FN2O7S. The minimum absolute atomic E-state index is 0.117. The van der Waals surface area contributed by atoms with E-state index in [9.17, 15) is 27.5 Å². The van der Waals surface area contributed by atoms with Gasteiger partial charge in [-0.05, 0) is 42.0 Å². The summed E-state index contributed by atoms with van der Waals surface area (Å²) in [7, 11) is -4.51. The first-order chi connectivity index (χ1) is 14.9. The molecule has 32 heavy (non-hydrogen) atoms. The number of sulfonamides is 1. The van der Waals surface area contributed by atoms with Gasteiger partial charge in [-0.3, -0.25) is 9.59 Å². The van der Waals surface area contributed by atoms with Gasteiger partial charge in [0, 0.05) is 12.5 Å². The zero-order valence-corrected chi connectivity index (χ0v) is 18.4. The summed E-state index contributed by atoms with van der Waals surface area (Å²) >= 11 is 0. The maximum atomic E-state index is 13.2. The second-order valence-electron chi connectivity index (χ2n) is 7.35. The molecule has 11 heteroatoms. The first-order valence-electron chi connectivity index (χ1n) is 9.63. The predicted octanol–water partition coefficient (Wildman–Crippen LogP) is 1.70. The van der Waals surface area contributed by atoms with E-state index in [4.69, 9.17) is 15.6 Å². The third-order valence-corrected chi connectivity index (χ3v) is 6.72. The van der Waals surface area contributed by atoms with Gasteiger partial charge in [0.2, 0.25) is 15.7 Å². The molecule has 9 nitrogen and oxygen atoms in total. The van der Waals surface area contributed by atoms with E-state index in [0.29, 0.717) is 15.6 Å². The van der Waals surface area contributed by atoms with E-state index in [2.05, 4.69) is 0 Å². The second kappa shape index (κ2) is 10.1. The Bertz CT molecular complexity index is 1060. The number of rotatable bonds is 11. The van der Waals surface area contributed by atoms with Gasteiger partial charge >= 0.3 is 5.97 Å². The van der Waals surface area contributed by atoms with Gasteiger partial charge in [0.1, 0.15) is 18.2 Å². The molecular weight excluding hydrogens is 443 g/mol. The van der Waals surface area contributed by atoms with E-state index in [0.717, 1.165) is 0 Å². The predicted molar refractivity (Wildman–Crippen MR) is 112 cm³/mol. The lowest BCUT2D eigenvalue weighted by atomic mass is 9.99. The van der Waals surface area contributed by atoms with Crippen LogP contribution in [0.1, 0.15) is 25.8 Å². The number of carbonyl (C=O) groups is 2. The molecule has 4 N–H and O–H groups in total. The first kappa shape index (κ1) is 25.2. The molecule has 2 rings (SSSR count). The summed E-state index contributed by atoms with van der Waals surface area (Å²) in [6.45, 7) is 2.23. The smallest absolute Gasteiger partial charge is 0.304 e. The third kappa shape index (κ3) is 5.61. The molecule has 0 aliphatic carbocycles. The highest BCUT2D eigenvalue weighted by Gasteiger charge is 2.50. The van der Waals surface area contributed by atoms with Crippen molar-refractivity contribution in [1.29, 1.82) is 0 Å². The Morgan fingerprint density at radius 2 is 1.69 bits per heavy atom. The van der Waals surface area contributed by atoms with Crippen LogP contribution >= 0.6 is 0 Å². The van der Waals surface area contributed by atoms with Gasteiger partial charge in [-0.25, -0.2) is 12.8 Å². The van der Waals surface area contributed by atoms with Crippen LogP contribution in [0.15, 0.2) is 53.4 Å². The fourth-order valence-electron chi connectivity index (χ4n) is 2.95. The van der Waals surface area contributed by atoms with Crippen LogP contribution in [0.3, 0.4) is 0 Å². The molecule has 1 atom stereocenters. The van der Waals surface area contributed by atoms with Crippen molar-refractivity contribution in [3.63, 3.8) is 0 Å². The average molecular weight is 469 g/mol. The monoisotopic (exact) mass is 468 g/mol. The van der Waals surface area contributed by atoms with Crippen molar-refractivity contribution in [2.24, 2.45) is 11.7 Å². The van der Waals surface area contributed by atoms with Crippen LogP contribution in [-0.2, 0) is 26.2 Å². The molecule has 0 aliphatic rings. The molecule has 174 valence electrons. The van der Waals surface area contributed by atoms with Crippen molar-refractivity contribution in [1.82, 2.24) is 4.31 Å². The maximum Gasteiger partial charge on any atom is 0.304 e. The van der Waals surface area contributed by atoms with Crippen molar-refractivity contribution in [2.45, 2.75) is 37.5 Å². The number of primary amides is 1. The Morgan fingerprint density at radius 1 is 1.12 bits per heavy atom. The standard InChI is InChI=1S/C21H25FN2O7S/c1-14(2)21(28,20(23)27)24(12-11-19(25)26)32(29,30)18-9-7-17(8-10-18)31-13-15-3-5-16(22)6-4-15/h3-10,14,28H,11-13H2,1-2H3,(H2,23,27)(H,25,26). The lowest BCUT2D eigenvalue weighted by molar-refractivity contribution is -0.160. The number of carboxylic acid groups (broad SMARTS) is 1. The van der Waals surface area contributed by atoms with Crippen LogP contribution in [0.4, 0.5) is 4.39 Å². The highest BCUT2D eigenvalue weighted by atomic mass is 32.2. The number of carboxylic acids is 1. The van der Waals surface area contributed by atoms with Gasteiger partial charge in [-0.1, -0.05) is 26.0 Å². The summed E-state index contributed by atoms with van der Waals surface area (Å²) in [4.78, 5) is 22.7. The van der Waals surface area contributed by atoms with Gasteiger partial charge in [0.05, 0.1) is 11.3 Å². The number of carbonyl (C=O) groups excluding carboxylic acids is 1. The van der Waals surface area contributed by atoms with Crippen molar-refractivity contribution in [3.05, 3.63) is 59.9 Å². The minimum atomic E-state index is -4.51. The summed E-state index contributed by atoms with van der Waals surface area (Å²) in [5, 5.41) is 19.8. The Hall–Kier alpha value is -3.02. The number of aliphatic hydroxyl groups is 1. The number of hydrogen-bond acceptors (Lipinski definition) is 6. The fourth-order valence-corrected chi connectivity index (χ4v) is 4.68. The van der Waals surface area contributed by atoms with Crippen molar-refractivity contribution < 1.29 is 37.3 Å². The van der Waals surface area contributed by atoms with Crippen molar-refractivity contribution >= 4 is 21.9 Å². The van der Waals surface area contributed by atoms with Gasteiger partial charge in [0.15, 0.2) is 0 Å². The Kier molecular flexibility index (Phi) is 7.94. The molecule has 0 bridgehead atoms. The number of ether oxygens (including phenoxy) is 1. The number of nitrogens with two attached hydrogens (primary N) is 1. The number of benzene rings is 2. The zero-order chi connectivity index (χ0) is 24.1. The number of nitrogens with zero attached hydrogens (tertiary/aromatic N) is 1. The number of halogens is 1. The van der Waals surface area contributed by atoms with E-state index in [1.807, 2.05) is 0 Å². The van der Waals surface area contributed by atoms with Gasteiger partial charge in [0.25, 0.3) is 5.91 Å². The lowest BCUT2D eigenvalue weighted by Gasteiger charge is -2.38. The highest BCUT2D eigenvalue weighted by molar-refractivity contribution is 7.89. The molecule has 0 spiro atoms. The quantitative estimate of drug-likeness (QED) is 0.425. The van der Waals surface area contributed by atoms with Gasteiger partial charge < -0.3 is 20.7 Å². The molecule has 0 aromatic heterocycles. The Labute approximate surface area is 185 Å². The van der Waals surface area contributed by atoms with E-state index in [1.165, 1.54) is 50.2 Å². The summed E-state index contributed by atoms with van der Waals surface area (Å²) in [6, 6.07) is 10.8. The van der Waals surface area contributed by atoms with E-state index in [-0.39, 0.29) is 17.3 Å². The van der Waals surface area contributed by atoms with Crippen LogP contribution in [0.5, 0.6) is 5.75 Å². The molecule has 0 saturated heterocycles. The summed E-state index contributed by atoms with van der Waals surface area (Å²) in [5.41, 5.74) is 3.36.